The molecule has 6 nitrogen and oxygen atoms in total. The predicted molar refractivity (Wildman–Crippen MR) is 115 cm³/mol. The van der Waals surface area contributed by atoms with E-state index in [-0.39, 0.29) is 24.0 Å². The van der Waals surface area contributed by atoms with Crippen LogP contribution >= 0.6 is 0 Å². The van der Waals surface area contributed by atoms with Crippen molar-refractivity contribution in [3.05, 3.63) is 0 Å². The van der Waals surface area contributed by atoms with Crippen LogP contribution < -0.4 is 10.6 Å². The average Bonchev–Trinajstić information content (AvgIpc) is 3.13. The quantitative estimate of drug-likeness (QED) is 0.593. The number of fused-ring (bicyclic) bond motifs is 2. The highest BCUT2D eigenvalue weighted by molar-refractivity contribution is 5.79. The Hall–Kier alpha value is -1.14. The maximum atomic E-state index is 13.0. The summed E-state index contributed by atoms with van der Waals surface area (Å²) in [6.07, 6.45) is 11.5. The van der Waals surface area contributed by atoms with Gasteiger partial charge < -0.3 is 15.7 Å². The van der Waals surface area contributed by atoms with E-state index >= 15 is 0 Å². The summed E-state index contributed by atoms with van der Waals surface area (Å²) in [5.41, 5.74) is -0.438. The molecule has 5 atom stereocenters. The molecule has 0 aromatic heterocycles. The van der Waals surface area contributed by atoms with E-state index in [1.54, 1.807) is 0 Å². The summed E-state index contributed by atoms with van der Waals surface area (Å²) in [5.74, 6) is 3.19. The van der Waals surface area contributed by atoms with E-state index in [4.69, 9.17) is 0 Å². The number of piperidine rings is 1. The summed E-state index contributed by atoms with van der Waals surface area (Å²) in [6, 6.07) is 0.835. The lowest BCUT2D eigenvalue weighted by molar-refractivity contribution is -0.127. The maximum Gasteiger partial charge on any atom is 0.234 e. The topological polar surface area (TPSA) is 81.7 Å². The van der Waals surface area contributed by atoms with Crippen LogP contribution in [0.25, 0.3) is 0 Å². The number of aliphatic hydroxyl groups excluding tert-OH is 1. The standard InChI is InChI=1S/C24H39N3O3/c1-23(2,14-28)25-22(30)13-27-19-3-4-20(27)9-15(8-19)10-21(29)26-24-11-16-5-17(12-24)7-18(24)6-16/h15-20,28H,3-14H2,1-2H3,(H,25,30)(H,26,29)/t15?,16?,17?,18?,19-,20+,24?. The predicted octanol–water partition coefficient (Wildman–Crippen LogP) is 2.20. The van der Waals surface area contributed by atoms with E-state index in [2.05, 4.69) is 15.5 Å². The van der Waals surface area contributed by atoms with Crippen molar-refractivity contribution in [2.45, 2.75) is 101 Å². The number of rotatable bonds is 7. The number of nitrogens with zero attached hydrogens (tertiary/aromatic N) is 1. The van der Waals surface area contributed by atoms with E-state index in [9.17, 15) is 14.7 Å². The first-order valence-corrected chi connectivity index (χ1v) is 12.2. The van der Waals surface area contributed by atoms with Gasteiger partial charge >= 0.3 is 0 Å². The van der Waals surface area contributed by atoms with Gasteiger partial charge in [0.15, 0.2) is 0 Å². The van der Waals surface area contributed by atoms with Crippen molar-refractivity contribution in [1.82, 2.24) is 15.5 Å². The first-order valence-electron chi connectivity index (χ1n) is 12.2. The van der Waals surface area contributed by atoms with Gasteiger partial charge in [-0.05, 0) is 95.3 Å². The van der Waals surface area contributed by atoms with Gasteiger partial charge in [-0.3, -0.25) is 14.5 Å². The summed E-state index contributed by atoms with van der Waals surface area (Å²) in [6.45, 7) is 4.02. The van der Waals surface area contributed by atoms with Gasteiger partial charge in [0.25, 0.3) is 0 Å². The van der Waals surface area contributed by atoms with E-state index in [1.807, 2.05) is 13.8 Å². The number of nitrogens with one attached hydrogen (secondary N) is 2. The monoisotopic (exact) mass is 417 g/mol. The van der Waals surface area contributed by atoms with E-state index in [0.717, 1.165) is 43.4 Å². The molecule has 6 fully saturated rings. The van der Waals surface area contributed by atoms with Crippen molar-refractivity contribution >= 4 is 11.8 Å². The number of carbonyl (C=O) groups is 2. The Bertz CT molecular complexity index is 680. The van der Waals surface area contributed by atoms with Crippen LogP contribution in [-0.4, -0.2) is 58.1 Å². The lowest BCUT2D eigenvalue weighted by Crippen LogP contribution is -2.53. The number of amides is 2. The SMILES string of the molecule is CC(C)(CO)NC(=O)CN1[C@@H]2CC[C@H]1CC(CC(=O)NC13CC4CC(CC1C4)C3)C2. The second-order valence-electron chi connectivity index (χ2n) is 11.9. The zero-order valence-corrected chi connectivity index (χ0v) is 18.7. The lowest BCUT2D eigenvalue weighted by atomic mass is 9.80. The smallest absolute Gasteiger partial charge is 0.234 e. The second kappa shape index (κ2) is 7.47. The third-order valence-electron chi connectivity index (χ3n) is 9.03. The molecule has 30 heavy (non-hydrogen) atoms. The summed E-state index contributed by atoms with van der Waals surface area (Å²) in [4.78, 5) is 27.8. The fourth-order valence-electron chi connectivity index (χ4n) is 8.03. The molecule has 0 aromatic rings. The van der Waals surface area contributed by atoms with Crippen molar-refractivity contribution in [3.8, 4) is 0 Å². The van der Waals surface area contributed by atoms with Crippen molar-refractivity contribution in [3.63, 3.8) is 0 Å². The van der Waals surface area contributed by atoms with Crippen LogP contribution in [0.1, 0.15) is 78.1 Å². The summed E-state index contributed by atoms with van der Waals surface area (Å²) >= 11 is 0. The number of hydrogen-bond donors (Lipinski definition) is 3. The normalized spacial score (nSPS) is 42.0. The van der Waals surface area contributed by atoms with E-state index < -0.39 is 5.54 Å². The van der Waals surface area contributed by atoms with Crippen LogP contribution in [0, 0.1) is 23.7 Å². The molecule has 6 bridgehead atoms. The van der Waals surface area contributed by atoms with Gasteiger partial charge in [0.2, 0.25) is 11.8 Å². The van der Waals surface area contributed by atoms with Gasteiger partial charge in [-0.25, -0.2) is 0 Å². The third kappa shape index (κ3) is 3.79. The first kappa shape index (κ1) is 20.7. The molecule has 3 unspecified atom stereocenters. The molecule has 6 rings (SSSR count). The van der Waals surface area contributed by atoms with Gasteiger partial charge in [-0.1, -0.05) is 0 Å². The molecule has 4 aliphatic carbocycles. The zero-order valence-electron chi connectivity index (χ0n) is 18.7. The maximum absolute atomic E-state index is 13.0. The Labute approximate surface area is 180 Å². The van der Waals surface area contributed by atoms with Crippen molar-refractivity contribution in [2.75, 3.05) is 13.2 Å². The van der Waals surface area contributed by atoms with Crippen LogP contribution in [0.15, 0.2) is 0 Å². The molecule has 3 N–H and O–H groups in total. The highest BCUT2D eigenvalue weighted by Crippen LogP contribution is 2.60. The van der Waals surface area contributed by atoms with Crippen molar-refractivity contribution in [1.29, 1.82) is 0 Å². The molecule has 2 amide bonds. The summed E-state index contributed by atoms with van der Waals surface area (Å²) in [7, 11) is 0. The Balaban J connectivity index is 1.13. The van der Waals surface area contributed by atoms with E-state index in [1.165, 1.54) is 32.1 Å². The summed E-state index contributed by atoms with van der Waals surface area (Å²) < 4.78 is 0. The molecule has 4 saturated carbocycles. The molecular weight excluding hydrogens is 378 g/mol. The largest absolute Gasteiger partial charge is 0.394 e. The van der Waals surface area contributed by atoms with E-state index in [0.29, 0.717) is 31.0 Å². The number of hydrogen-bond acceptors (Lipinski definition) is 4. The molecule has 6 aliphatic rings. The van der Waals surface area contributed by atoms with Gasteiger partial charge in [0.05, 0.1) is 18.7 Å². The Kier molecular flexibility index (Phi) is 5.17. The van der Waals surface area contributed by atoms with Crippen LogP contribution in [-0.2, 0) is 9.59 Å². The van der Waals surface area contributed by atoms with Crippen LogP contribution in [0.2, 0.25) is 0 Å². The molecule has 0 spiro atoms. The molecule has 2 saturated heterocycles. The van der Waals surface area contributed by atoms with Gasteiger partial charge in [0, 0.05) is 24.0 Å². The zero-order chi connectivity index (χ0) is 21.1. The lowest BCUT2D eigenvalue weighted by Gasteiger charge is -2.39. The van der Waals surface area contributed by atoms with Gasteiger partial charge in [-0.15, -0.1) is 0 Å². The number of carbonyl (C=O) groups excluding carboxylic acids is 2. The van der Waals surface area contributed by atoms with Crippen molar-refractivity contribution in [2.24, 2.45) is 23.7 Å². The minimum Gasteiger partial charge on any atom is -0.394 e. The third-order valence-corrected chi connectivity index (χ3v) is 9.03. The van der Waals surface area contributed by atoms with Crippen LogP contribution in [0.4, 0.5) is 0 Å². The molecule has 0 radical (unpaired) electrons. The van der Waals surface area contributed by atoms with Gasteiger partial charge in [-0.2, -0.15) is 0 Å². The van der Waals surface area contributed by atoms with Crippen LogP contribution in [0.5, 0.6) is 0 Å². The average molecular weight is 418 g/mol. The van der Waals surface area contributed by atoms with Crippen LogP contribution in [0.3, 0.4) is 0 Å². The number of aliphatic hydroxyl groups is 1. The second-order valence-corrected chi connectivity index (χ2v) is 11.9. The fraction of sp³-hybridized carbons (Fsp3) is 0.917. The summed E-state index contributed by atoms with van der Waals surface area (Å²) in [5, 5.41) is 15.9. The molecule has 6 heteroatoms. The Morgan fingerprint density at radius 1 is 1.00 bits per heavy atom. The van der Waals surface area contributed by atoms with Crippen molar-refractivity contribution < 1.29 is 14.7 Å². The molecule has 0 aromatic carbocycles. The minimum atomic E-state index is -0.578. The molecule has 2 heterocycles. The highest BCUT2D eigenvalue weighted by Gasteiger charge is 2.58. The molecular formula is C24H39N3O3. The fourth-order valence-corrected chi connectivity index (χ4v) is 8.03. The molecule has 2 aliphatic heterocycles. The molecule has 168 valence electrons. The Morgan fingerprint density at radius 3 is 2.23 bits per heavy atom. The van der Waals surface area contributed by atoms with Gasteiger partial charge in [0.1, 0.15) is 0 Å². The minimum absolute atomic E-state index is 0.00619. The highest BCUT2D eigenvalue weighted by atomic mass is 16.3. The first-order chi connectivity index (χ1) is 14.2. The Morgan fingerprint density at radius 2 is 1.63 bits per heavy atom.